The van der Waals surface area contributed by atoms with Crippen LogP contribution < -0.4 is 0 Å². The molecule has 0 aliphatic carbocycles. The van der Waals surface area contributed by atoms with Crippen LogP contribution in [0.15, 0.2) is 39.1 Å². The van der Waals surface area contributed by atoms with E-state index in [1.807, 2.05) is 0 Å². The van der Waals surface area contributed by atoms with Crippen molar-refractivity contribution in [3.63, 3.8) is 0 Å². The number of sulfonamides is 1. The number of nitrogens with zero attached hydrogens (tertiary/aromatic N) is 3. The fourth-order valence-corrected chi connectivity index (χ4v) is 5.54. The van der Waals surface area contributed by atoms with Crippen LogP contribution >= 0.6 is 11.3 Å². The van der Waals surface area contributed by atoms with E-state index < -0.39 is 33.8 Å². The molecular weight excluding hydrogens is 472 g/mol. The standard InChI is InChI=1S/C17H11F6N3O3S2/c18-16(19,20)9-1-3-10(4-2-9)31(27,28)26-6-5-13-11(7-26)12(8-30-13)14-24-15(29-25-14)17(21,22)23/h1-4,8H,5-7H2. The van der Waals surface area contributed by atoms with Crippen molar-refractivity contribution >= 4 is 21.4 Å². The molecule has 0 saturated heterocycles. The van der Waals surface area contributed by atoms with E-state index in [0.29, 0.717) is 17.7 Å². The Morgan fingerprint density at radius 1 is 1.03 bits per heavy atom. The molecule has 0 bridgehead atoms. The van der Waals surface area contributed by atoms with Crippen molar-refractivity contribution in [1.29, 1.82) is 0 Å². The number of thiophene rings is 1. The van der Waals surface area contributed by atoms with Gasteiger partial charge in [0, 0.05) is 28.9 Å². The maximum Gasteiger partial charge on any atom is 0.471 e. The van der Waals surface area contributed by atoms with Crippen LogP contribution in [-0.4, -0.2) is 29.4 Å². The van der Waals surface area contributed by atoms with Gasteiger partial charge in [-0.05, 0) is 36.2 Å². The van der Waals surface area contributed by atoms with Gasteiger partial charge in [0.05, 0.1) is 10.5 Å². The number of halogens is 6. The van der Waals surface area contributed by atoms with Crippen LogP contribution in [0.25, 0.3) is 11.4 Å². The van der Waals surface area contributed by atoms with Gasteiger partial charge in [-0.3, -0.25) is 0 Å². The number of aromatic nitrogens is 2. The minimum Gasteiger partial charge on any atom is -0.329 e. The third-order valence-corrected chi connectivity index (χ3v) is 7.58. The Hall–Kier alpha value is -2.45. The fourth-order valence-electron chi connectivity index (χ4n) is 3.09. The van der Waals surface area contributed by atoms with Crippen molar-refractivity contribution in [2.24, 2.45) is 0 Å². The number of hydrogen-bond acceptors (Lipinski definition) is 6. The first kappa shape index (κ1) is 21.8. The molecule has 31 heavy (non-hydrogen) atoms. The number of rotatable bonds is 3. The Labute approximate surface area is 175 Å². The van der Waals surface area contributed by atoms with Crippen molar-refractivity contribution in [2.45, 2.75) is 30.2 Å². The molecule has 0 spiro atoms. The second-order valence-corrected chi connectivity index (χ2v) is 9.48. The van der Waals surface area contributed by atoms with Crippen molar-refractivity contribution in [1.82, 2.24) is 14.4 Å². The van der Waals surface area contributed by atoms with E-state index in [-0.39, 0.29) is 35.8 Å². The molecule has 4 rings (SSSR count). The summed E-state index contributed by atoms with van der Waals surface area (Å²) in [5, 5.41) is 4.86. The largest absolute Gasteiger partial charge is 0.471 e. The Balaban J connectivity index is 1.63. The summed E-state index contributed by atoms with van der Waals surface area (Å²) in [6.07, 6.45) is -9.14. The van der Waals surface area contributed by atoms with Gasteiger partial charge in [-0.15, -0.1) is 11.3 Å². The van der Waals surface area contributed by atoms with Crippen LogP contribution in [0.4, 0.5) is 26.3 Å². The highest BCUT2D eigenvalue weighted by atomic mass is 32.2. The van der Waals surface area contributed by atoms with Crippen molar-refractivity contribution in [3.8, 4) is 11.4 Å². The summed E-state index contributed by atoms with van der Waals surface area (Å²) in [5.41, 5.74) is -0.335. The van der Waals surface area contributed by atoms with Gasteiger partial charge >= 0.3 is 18.2 Å². The highest BCUT2D eigenvalue weighted by molar-refractivity contribution is 7.89. The summed E-state index contributed by atoms with van der Waals surface area (Å²) in [6, 6.07) is 3.10. The zero-order valence-electron chi connectivity index (χ0n) is 15.2. The van der Waals surface area contributed by atoms with E-state index in [1.54, 1.807) is 0 Å². The Kier molecular flexibility index (Phi) is 5.13. The Bertz CT molecular complexity index is 1210. The number of benzene rings is 1. The average Bonchev–Trinajstić information content (AvgIpc) is 3.33. The summed E-state index contributed by atoms with van der Waals surface area (Å²) in [6.45, 7) is -0.121. The van der Waals surface area contributed by atoms with Gasteiger partial charge < -0.3 is 4.52 Å². The van der Waals surface area contributed by atoms with Gasteiger partial charge in [0.25, 0.3) is 0 Å². The molecule has 1 aliphatic heterocycles. The lowest BCUT2D eigenvalue weighted by atomic mass is 10.1. The molecular formula is C17H11F6N3O3S2. The fraction of sp³-hybridized carbons (Fsp3) is 0.294. The van der Waals surface area contributed by atoms with Gasteiger partial charge in [0.1, 0.15) is 0 Å². The first-order chi connectivity index (χ1) is 14.4. The molecule has 14 heteroatoms. The van der Waals surface area contributed by atoms with Gasteiger partial charge in [0.15, 0.2) is 0 Å². The van der Waals surface area contributed by atoms with E-state index in [4.69, 9.17) is 0 Å². The quantitative estimate of drug-likeness (QED) is 0.510. The Morgan fingerprint density at radius 2 is 1.71 bits per heavy atom. The summed E-state index contributed by atoms with van der Waals surface area (Å²) >= 11 is 1.23. The average molecular weight is 483 g/mol. The third kappa shape index (κ3) is 4.06. The zero-order chi connectivity index (χ0) is 22.6. The zero-order valence-corrected chi connectivity index (χ0v) is 16.8. The van der Waals surface area contributed by atoms with Crippen LogP contribution in [0.1, 0.15) is 21.9 Å². The van der Waals surface area contributed by atoms with E-state index >= 15 is 0 Å². The van der Waals surface area contributed by atoms with Crippen molar-refractivity contribution in [2.75, 3.05) is 6.54 Å². The predicted octanol–water partition coefficient (Wildman–Crippen LogP) is 4.58. The van der Waals surface area contributed by atoms with E-state index in [1.165, 1.54) is 16.7 Å². The number of fused-ring (bicyclic) bond motifs is 1. The highest BCUT2D eigenvalue weighted by Crippen LogP contribution is 2.38. The maximum atomic E-state index is 12.9. The summed E-state index contributed by atoms with van der Waals surface area (Å²) in [4.78, 5) is 3.78. The molecule has 0 atom stereocenters. The van der Waals surface area contributed by atoms with E-state index in [9.17, 15) is 34.8 Å². The van der Waals surface area contributed by atoms with Crippen LogP contribution in [-0.2, 0) is 35.3 Å². The summed E-state index contributed by atoms with van der Waals surface area (Å²) in [5.74, 6) is -1.84. The van der Waals surface area contributed by atoms with Crippen LogP contribution in [0.3, 0.4) is 0 Å². The second-order valence-electron chi connectivity index (χ2n) is 6.58. The lowest BCUT2D eigenvalue weighted by Crippen LogP contribution is -2.35. The van der Waals surface area contributed by atoms with Crippen LogP contribution in [0.2, 0.25) is 0 Å². The topological polar surface area (TPSA) is 76.3 Å². The lowest BCUT2D eigenvalue weighted by Gasteiger charge is -2.27. The molecule has 6 nitrogen and oxygen atoms in total. The monoisotopic (exact) mass is 483 g/mol. The molecule has 0 N–H and O–H groups in total. The normalized spacial score (nSPS) is 15.8. The second kappa shape index (κ2) is 7.31. The molecule has 2 aromatic heterocycles. The van der Waals surface area contributed by atoms with Gasteiger partial charge in [0.2, 0.25) is 15.8 Å². The van der Waals surface area contributed by atoms with Crippen molar-refractivity contribution in [3.05, 3.63) is 51.5 Å². The maximum absolute atomic E-state index is 12.9. The molecule has 0 saturated carbocycles. The molecule has 0 fully saturated rings. The Morgan fingerprint density at radius 3 is 2.29 bits per heavy atom. The van der Waals surface area contributed by atoms with Crippen LogP contribution in [0.5, 0.6) is 0 Å². The minimum absolute atomic E-state index is 0.0658. The van der Waals surface area contributed by atoms with E-state index in [2.05, 4.69) is 14.7 Å². The highest BCUT2D eigenvalue weighted by Gasteiger charge is 2.39. The van der Waals surface area contributed by atoms with Gasteiger partial charge in [-0.25, -0.2) is 8.42 Å². The number of hydrogen-bond donors (Lipinski definition) is 0. The smallest absolute Gasteiger partial charge is 0.329 e. The summed E-state index contributed by atoms with van der Waals surface area (Å²) < 4.78 is 108. The summed E-state index contributed by atoms with van der Waals surface area (Å²) in [7, 11) is -4.14. The molecule has 1 aliphatic rings. The molecule has 3 aromatic rings. The van der Waals surface area contributed by atoms with Gasteiger partial charge in [-0.2, -0.15) is 35.6 Å². The van der Waals surface area contributed by atoms with Gasteiger partial charge in [-0.1, -0.05) is 5.16 Å². The first-order valence-corrected chi connectivity index (χ1v) is 10.9. The molecule has 166 valence electrons. The lowest BCUT2D eigenvalue weighted by molar-refractivity contribution is -0.159. The van der Waals surface area contributed by atoms with Crippen LogP contribution in [0, 0.1) is 0 Å². The predicted molar refractivity (Wildman–Crippen MR) is 95.4 cm³/mol. The number of alkyl halides is 6. The van der Waals surface area contributed by atoms with Crippen molar-refractivity contribution < 1.29 is 39.3 Å². The third-order valence-electron chi connectivity index (χ3n) is 4.63. The molecule has 0 radical (unpaired) electrons. The molecule has 0 amide bonds. The SMILES string of the molecule is O=S(=O)(c1ccc(C(F)(F)F)cc1)N1CCc2scc(-c3noc(C(F)(F)F)n3)c2C1. The molecule has 1 aromatic carbocycles. The minimum atomic E-state index is -4.82. The van der Waals surface area contributed by atoms with E-state index in [0.717, 1.165) is 21.3 Å². The molecule has 3 heterocycles. The first-order valence-electron chi connectivity index (χ1n) is 8.55. The molecule has 0 unspecified atom stereocenters.